The van der Waals surface area contributed by atoms with Gasteiger partial charge >= 0.3 is 5.97 Å². The van der Waals surface area contributed by atoms with Crippen LogP contribution in [0.5, 0.6) is 5.75 Å². The largest absolute Gasteiger partial charge is 0.508 e. The topological polar surface area (TPSA) is 470 Å². The Balaban J connectivity index is 0.782. The lowest BCUT2D eigenvalue weighted by atomic mass is 10.0. The second-order valence-corrected chi connectivity index (χ2v) is 30.8. The zero-order chi connectivity index (χ0) is 80.7. The van der Waals surface area contributed by atoms with Crippen molar-refractivity contribution < 1.29 is 81.8 Å². The monoisotopic (exact) mass is 1560 g/mol. The number of benzene rings is 2. The number of unbranched alkanes of at least 4 members (excludes halogenated alkanes) is 2. The molecule has 2 aromatic carbocycles. The first-order valence-electron chi connectivity index (χ1n) is 40.0. The molecule has 7 saturated heterocycles. The number of phenols is 1. The smallest absolute Gasteiger partial charge is 0.328 e. The third-order valence-corrected chi connectivity index (χ3v) is 22.4. The fourth-order valence-electron chi connectivity index (χ4n) is 16.6. The zero-order valence-electron chi connectivity index (χ0n) is 64.8. The van der Waals surface area contributed by atoms with Crippen LogP contribution in [0.1, 0.15) is 160 Å². The zero-order valence-corrected chi connectivity index (χ0v) is 64.8. The standard InChI is InChI=1S/C78H115N17O17/c1-48(2)42-55(88-69(102)56(44-49-18-5-4-6-19-49)85-65(98)46-82-64(97)45-83-67(100)52(81)43-50-29-31-51(96)32-30-50)68(101)84-47-66(99)89-35-11-22-57(89)70(103)86-53(20-7-9-33-79)72(105)91-37-13-24-59(91)75(108)93-39-15-26-61(93)74(107)90-36-12-23-58(90)71(104)87-54(21-8-10-34-80)73(106)92-38-14-25-60(92)76(109)94-40-16-27-62(94)77(110)95-41-17-28-63(95)78(111)112-3/h4-6,18-19,29-32,48,52-63,96H,7-17,20-28,33-47,79-81H2,1-3H3,(H,82,97)(H,83,100)(H,84,101)(H,85,98)(H,86,103)(H,87,104)(H,88,102)/t52-,53-,54-,55-,56-,57-,58-,59-,60-,61-,62-,63-/m0/s1. The van der Waals surface area contributed by atoms with Gasteiger partial charge in [0.2, 0.25) is 82.7 Å². The second kappa shape index (κ2) is 41.6. The minimum absolute atomic E-state index is 0.0194. The second-order valence-electron chi connectivity index (χ2n) is 30.8. The van der Waals surface area contributed by atoms with Crippen LogP contribution in [0.25, 0.3) is 0 Å². The van der Waals surface area contributed by atoms with Crippen LogP contribution < -0.4 is 54.4 Å². The van der Waals surface area contributed by atoms with Crippen molar-refractivity contribution in [2.75, 3.05) is 85.6 Å². The Morgan fingerprint density at radius 1 is 0.429 bits per heavy atom. The summed E-state index contributed by atoms with van der Waals surface area (Å²) in [5.41, 5.74) is 19.2. The van der Waals surface area contributed by atoms with Gasteiger partial charge in [-0.1, -0.05) is 56.3 Å². The normalized spacial score (nSPS) is 22.2. The molecule has 0 aromatic heterocycles. The number of likely N-dealkylation sites (tertiary alicyclic amines) is 7. The van der Waals surface area contributed by atoms with E-state index in [-0.39, 0.29) is 108 Å². The number of aromatic hydroxyl groups is 1. The maximum Gasteiger partial charge on any atom is 0.328 e. The number of methoxy groups -OCH3 is 1. The summed E-state index contributed by atoms with van der Waals surface area (Å²) < 4.78 is 4.98. The number of nitrogens with zero attached hydrogens (tertiary/aromatic N) is 7. The fraction of sp³-hybridized carbons (Fsp3) is 0.654. The van der Waals surface area contributed by atoms with Crippen molar-refractivity contribution in [1.82, 2.24) is 71.5 Å². The molecule has 112 heavy (non-hydrogen) atoms. The van der Waals surface area contributed by atoms with Crippen LogP contribution in [0.3, 0.4) is 0 Å². The van der Waals surface area contributed by atoms with E-state index < -0.39 is 169 Å². The Labute approximate surface area is 653 Å². The quantitative estimate of drug-likeness (QED) is 0.0265. The summed E-state index contributed by atoms with van der Waals surface area (Å²) in [6, 6.07) is 2.74. The van der Waals surface area contributed by atoms with Gasteiger partial charge in [0, 0.05) is 52.2 Å². The van der Waals surface area contributed by atoms with Crippen LogP contribution in [0.15, 0.2) is 54.6 Å². The molecular formula is C78H115N17O17. The van der Waals surface area contributed by atoms with Crippen LogP contribution >= 0.6 is 0 Å². The number of nitrogens with one attached hydrogen (secondary N) is 7. The highest BCUT2D eigenvalue weighted by Gasteiger charge is 2.50. The summed E-state index contributed by atoms with van der Waals surface area (Å²) in [5, 5.41) is 28.3. The molecule has 0 bridgehead atoms. The number of amides is 14. The maximum atomic E-state index is 15.0. The van der Waals surface area contributed by atoms with E-state index >= 15 is 0 Å². The third kappa shape index (κ3) is 22.5. The number of carbonyl (C=O) groups is 15. The Hall–Kier alpha value is -9.83. The molecule has 0 spiro atoms. The maximum absolute atomic E-state index is 15.0. The summed E-state index contributed by atoms with van der Waals surface area (Å²) in [6.45, 7) is 4.25. The van der Waals surface area contributed by atoms with Gasteiger partial charge in [0.15, 0.2) is 0 Å². The molecule has 34 nitrogen and oxygen atoms in total. The number of nitrogens with two attached hydrogens (primary N) is 3. The van der Waals surface area contributed by atoms with Gasteiger partial charge < -0.3 is 98.6 Å². The minimum Gasteiger partial charge on any atom is -0.508 e. The van der Waals surface area contributed by atoms with Crippen molar-refractivity contribution in [2.45, 2.75) is 234 Å². The van der Waals surface area contributed by atoms with Gasteiger partial charge in [0.05, 0.1) is 32.8 Å². The Kier molecular flexibility index (Phi) is 32.0. The number of rotatable bonds is 36. The first-order chi connectivity index (χ1) is 53.8. The molecule has 7 aliphatic rings. The number of esters is 1. The van der Waals surface area contributed by atoms with Gasteiger partial charge in [0.1, 0.15) is 72.2 Å². The van der Waals surface area contributed by atoms with Crippen molar-refractivity contribution in [3.8, 4) is 5.75 Å². The molecule has 14 N–H and O–H groups in total. The SMILES string of the molecule is COC(=O)[C@@H]1CCCN1C(=O)[C@@H]1CCCN1C(=O)[C@@H]1CCCN1C(=O)[C@H](CCCCN)NC(=O)[C@@H]1CCCN1C(=O)[C@@H]1CCCN1C(=O)[C@@H]1CCCN1C(=O)[C@H](CCCCN)NC(=O)[C@@H]1CCCN1C(=O)CNC(=O)[C@H](CC(C)C)NC(=O)[C@H](Cc1ccccc1)NC(=O)CNC(=O)CNC(=O)[C@@H](N)Cc1ccc(O)cc1. The Morgan fingerprint density at radius 3 is 1.32 bits per heavy atom. The lowest BCUT2D eigenvalue weighted by Gasteiger charge is -2.36. The first kappa shape index (κ1) is 86.2. The van der Waals surface area contributed by atoms with Crippen molar-refractivity contribution in [2.24, 2.45) is 23.1 Å². The lowest BCUT2D eigenvalue weighted by Crippen LogP contribution is -2.59. The van der Waals surface area contributed by atoms with Crippen molar-refractivity contribution in [1.29, 1.82) is 0 Å². The van der Waals surface area contributed by atoms with Crippen LogP contribution in [-0.2, 0) is 89.5 Å². The van der Waals surface area contributed by atoms with Crippen molar-refractivity contribution >= 4 is 88.7 Å². The van der Waals surface area contributed by atoms with E-state index in [1.807, 2.05) is 13.8 Å². The predicted molar refractivity (Wildman–Crippen MR) is 407 cm³/mol. The number of hydrogen-bond donors (Lipinski definition) is 11. The van der Waals surface area contributed by atoms with Gasteiger partial charge in [-0.05, 0) is 184 Å². The molecule has 7 fully saturated rings. The Morgan fingerprint density at radius 2 is 0.839 bits per heavy atom. The number of ether oxygens (including phenoxy) is 1. The first-order valence-corrected chi connectivity index (χ1v) is 40.0. The summed E-state index contributed by atoms with van der Waals surface area (Å²) >= 11 is 0. The van der Waals surface area contributed by atoms with E-state index in [1.165, 1.54) is 53.5 Å². The Bertz CT molecular complexity index is 3680. The highest BCUT2D eigenvalue weighted by molar-refractivity contribution is 6.01. The van der Waals surface area contributed by atoms with E-state index in [0.29, 0.717) is 134 Å². The molecule has 7 heterocycles. The van der Waals surface area contributed by atoms with E-state index in [2.05, 4.69) is 37.2 Å². The van der Waals surface area contributed by atoms with Gasteiger partial charge in [-0.3, -0.25) is 67.1 Å². The molecule has 0 saturated carbocycles. The highest BCUT2D eigenvalue weighted by atomic mass is 16.5. The van der Waals surface area contributed by atoms with Crippen molar-refractivity contribution in [3.05, 3.63) is 65.7 Å². The van der Waals surface area contributed by atoms with Gasteiger partial charge in [0.25, 0.3) is 0 Å². The lowest BCUT2D eigenvalue weighted by molar-refractivity contribution is -0.155. The van der Waals surface area contributed by atoms with Gasteiger partial charge in [-0.25, -0.2) is 4.79 Å². The van der Waals surface area contributed by atoms with Crippen LogP contribution in [-0.4, -0.2) is 286 Å². The molecule has 0 aliphatic carbocycles. The summed E-state index contributed by atoms with van der Waals surface area (Å²) in [7, 11) is 1.28. The molecular weight excluding hydrogens is 1450 g/mol. The van der Waals surface area contributed by atoms with E-state index in [0.717, 1.165) is 0 Å². The van der Waals surface area contributed by atoms with Crippen molar-refractivity contribution in [3.63, 3.8) is 0 Å². The number of hydrogen-bond acceptors (Lipinski definition) is 20. The number of phenolic OH excluding ortho intramolecular Hbond substituents is 1. The van der Waals surface area contributed by atoms with Crippen LogP contribution in [0, 0.1) is 5.92 Å². The molecule has 12 atom stereocenters. The summed E-state index contributed by atoms with van der Waals surface area (Å²) in [5.74, 6) is -8.54. The molecule has 0 radical (unpaired) electrons. The van der Waals surface area contributed by atoms with Crippen LogP contribution in [0.4, 0.5) is 0 Å². The average molecular weight is 1560 g/mol. The fourth-order valence-corrected chi connectivity index (χ4v) is 16.6. The molecule has 0 unspecified atom stereocenters. The van der Waals surface area contributed by atoms with Crippen LogP contribution in [0.2, 0.25) is 0 Å². The molecule has 14 amide bonds. The van der Waals surface area contributed by atoms with Gasteiger partial charge in [-0.2, -0.15) is 0 Å². The summed E-state index contributed by atoms with van der Waals surface area (Å²) in [4.78, 5) is 221. The molecule has 7 aliphatic heterocycles. The van der Waals surface area contributed by atoms with E-state index in [4.69, 9.17) is 21.9 Å². The summed E-state index contributed by atoms with van der Waals surface area (Å²) in [6.07, 6.45) is 8.27. The van der Waals surface area contributed by atoms with E-state index in [9.17, 15) is 77.0 Å². The highest BCUT2D eigenvalue weighted by Crippen LogP contribution is 2.33. The molecule has 2 aromatic rings. The minimum atomic E-state index is -1.26. The van der Waals surface area contributed by atoms with E-state index in [1.54, 1.807) is 42.5 Å². The molecule has 614 valence electrons. The van der Waals surface area contributed by atoms with Gasteiger partial charge in [-0.15, -0.1) is 0 Å². The molecule has 9 rings (SSSR count). The molecule has 34 heteroatoms. The number of carbonyl (C=O) groups excluding carboxylic acids is 15. The predicted octanol–water partition coefficient (Wildman–Crippen LogP) is -1.79. The average Bonchev–Trinajstić information content (AvgIpc) is 1.63. The third-order valence-electron chi connectivity index (χ3n) is 22.4.